The van der Waals surface area contributed by atoms with E-state index in [9.17, 15) is 0 Å². The predicted molar refractivity (Wildman–Crippen MR) is 76.9 cm³/mol. The summed E-state index contributed by atoms with van der Waals surface area (Å²) >= 11 is 0. The Labute approximate surface area is 109 Å². The van der Waals surface area contributed by atoms with E-state index < -0.39 is 0 Å². The lowest BCUT2D eigenvalue weighted by atomic mass is 10.2. The van der Waals surface area contributed by atoms with Crippen LogP contribution in [0.4, 0.5) is 0 Å². The first-order valence-corrected chi connectivity index (χ1v) is 7.03. The fraction of sp³-hybridized carbons (Fsp3) is 0.500. The first kappa shape index (κ1) is 11.8. The number of aromatic nitrogens is 1. The zero-order chi connectivity index (χ0) is 12.5. The summed E-state index contributed by atoms with van der Waals surface area (Å²) < 4.78 is 2.35. The maximum absolute atomic E-state index is 3.64. The molecule has 3 rings (SSSR count). The molecular formula is C16H22N2. The highest BCUT2D eigenvalue weighted by Gasteiger charge is 2.27. The van der Waals surface area contributed by atoms with Gasteiger partial charge in [-0.25, -0.2) is 0 Å². The molecule has 1 N–H and O–H groups in total. The Morgan fingerprint density at radius 3 is 2.94 bits per heavy atom. The second-order valence-corrected chi connectivity index (χ2v) is 5.65. The van der Waals surface area contributed by atoms with Gasteiger partial charge in [0.1, 0.15) is 0 Å². The van der Waals surface area contributed by atoms with Crippen molar-refractivity contribution in [1.29, 1.82) is 0 Å². The summed E-state index contributed by atoms with van der Waals surface area (Å²) in [6.07, 6.45) is 5.04. The van der Waals surface area contributed by atoms with Crippen LogP contribution >= 0.6 is 0 Å². The molecule has 0 amide bonds. The molecule has 2 aromatic rings. The van der Waals surface area contributed by atoms with Crippen LogP contribution in [-0.4, -0.2) is 17.2 Å². The van der Waals surface area contributed by atoms with E-state index in [4.69, 9.17) is 0 Å². The van der Waals surface area contributed by atoms with Crippen LogP contribution < -0.4 is 5.32 Å². The highest BCUT2D eigenvalue weighted by Crippen LogP contribution is 2.32. The quantitative estimate of drug-likeness (QED) is 0.851. The van der Waals surface area contributed by atoms with Gasteiger partial charge in [0.2, 0.25) is 0 Å². The number of hydrogen-bond donors (Lipinski definition) is 1. The number of nitrogens with zero attached hydrogens (tertiary/aromatic N) is 1. The van der Waals surface area contributed by atoms with Gasteiger partial charge in [0.15, 0.2) is 0 Å². The highest BCUT2D eigenvalue weighted by atomic mass is 15.0. The largest absolute Gasteiger partial charge is 0.346 e. The molecule has 0 saturated heterocycles. The molecule has 0 radical (unpaired) electrons. The third-order valence-electron chi connectivity index (χ3n) is 4.07. The number of hydrogen-bond acceptors (Lipinski definition) is 1. The average molecular weight is 242 g/mol. The third kappa shape index (κ3) is 2.44. The van der Waals surface area contributed by atoms with Crippen molar-refractivity contribution in [2.24, 2.45) is 5.92 Å². The summed E-state index contributed by atoms with van der Waals surface area (Å²) in [7, 11) is 0. The van der Waals surface area contributed by atoms with Gasteiger partial charge in [0.05, 0.1) is 0 Å². The van der Waals surface area contributed by atoms with Crippen LogP contribution in [0.5, 0.6) is 0 Å². The van der Waals surface area contributed by atoms with Gasteiger partial charge in [0, 0.05) is 30.8 Å². The van der Waals surface area contributed by atoms with Crippen LogP contribution in [0.2, 0.25) is 0 Å². The van der Waals surface area contributed by atoms with Gasteiger partial charge in [-0.1, -0.05) is 11.6 Å². The summed E-state index contributed by atoms with van der Waals surface area (Å²) in [4.78, 5) is 0. The van der Waals surface area contributed by atoms with Gasteiger partial charge < -0.3 is 9.88 Å². The van der Waals surface area contributed by atoms with Crippen LogP contribution in [0, 0.1) is 12.8 Å². The van der Waals surface area contributed by atoms with Gasteiger partial charge in [0.25, 0.3) is 0 Å². The van der Waals surface area contributed by atoms with Crippen LogP contribution in [-0.2, 0) is 6.54 Å². The van der Waals surface area contributed by atoms with Gasteiger partial charge in [-0.2, -0.15) is 0 Å². The Balaban J connectivity index is 1.63. The normalized spacial score (nSPS) is 17.2. The Bertz CT molecular complexity index is 537. The fourth-order valence-electron chi connectivity index (χ4n) is 2.69. The molecule has 1 aliphatic carbocycles. The van der Waals surface area contributed by atoms with E-state index in [1.165, 1.54) is 29.3 Å². The molecule has 0 spiro atoms. The fourth-order valence-corrected chi connectivity index (χ4v) is 2.69. The van der Waals surface area contributed by atoms with E-state index >= 15 is 0 Å². The monoisotopic (exact) mass is 242 g/mol. The molecule has 1 fully saturated rings. The average Bonchev–Trinajstić information content (AvgIpc) is 3.13. The summed E-state index contributed by atoms with van der Waals surface area (Å²) in [6, 6.07) is 9.58. The third-order valence-corrected chi connectivity index (χ3v) is 4.07. The molecule has 96 valence electrons. The maximum atomic E-state index is 3.64. The van der Waals surface area contributed by atoms with Crippen molar-refractivity contribution in [2.75, 3.05) is 6.54 Å². The zero-order valence-corrected chi connectivity index (χ0v) is 11.3. The number of benzene rings is 1. The Morgan fingerprint density at radius 1 is 1.33 bits per heavy atom. The molecule has 0 bridgehead atoms. The van der Waals surface area contributed by atoms with E-state index in [2.05, 4.69) is 54.2 Å². The number of fused-ring (bicyclic) bond motifs is 1. The Kier molecular flexibility index (Phi) is 3.13. The molecular weight excluding hydrogens is 220 g/mol. The number of nitrogens with one attached hydrogen (secondary N) is 1. The van der Waals surface area contributed by atoms with Crippen LogP contribution in [0.1, 0.15) is 25.3 Å². The Hall–Kier alpha value is -1.28. The lowest BCUT2D eigenvalue weighted by Crippen LogP contribution is -2.30. The molecule has 2 heteroatoms. The van der Waals surface area contributed by atoms with E-state index in [0.29, 0.717) is 6.04 Å². The molecule has 1 saturated carbocycles. The van der Waals surface area contributed by atoms with E-state index in [1.54, 1.807) is 0 Å². The molecule has 1 atom stereocenters. The summed E-state index contributed by atoms with van der Waals surface area (Å²) in [5.74, 6) is 0.939. The summed E-state index contributed by atoms with van der Waals surface area (Å²) in [5, 5.41) is 4.99. The molecule has 1 heterocycles. The second kappa shape index (κ2) is 4.77. The SMILES string of the molecule is Cc1ccc2c(ccn2CCNC(C)C2CC2)c1. The first-order chi connectivity index (χ1) is 8.74. The zero-order valence-electron chi connectivity index (χ0n) is 11.3. The molecule has 1 aromatic carbocycles. The van der Waals surface area contributed by atoms with Crippen molar-refractivity contribution in [2.45, 2.75) is 39.3 Å². The van der Waals surface area contributed by atoms with Crippen molar-refractivity contribution in [3.63, 3.8) is 0 Å². The standard InChI is InChI=1S/C16H22N2/c1-12-3-6-16-15(11-12)7-9-18(16)10-8-17-13(2)14-4-5-14/h3,6-7,9,11,13-14,17H,4-5,8,10H2,1-2H3. The minimum absolute atomic E-state index is 0.689. The lowest BCUT2D eigenvalue weighted by Gasteiger charge is -2.13. The minimum Gasteiger partial charge on any atom is -0.346 e. The van der Waals surface area contributed by atoms with Crippen molar-refractivity contribution in [3.8, 4) is 0 Å². The van der Waals surface area contributed by atoms with Gasteiger partial charge in [-0.15, -0.1) is 0 Å². The molecule has 1 aliphatic rings. The molecule has 1 aromatic heterocycles. The second-order valence-electron chi connectivity index (χ2n) is 5.65. The highest BCUT2D eigenvalue weighted by molar-refractivity contribution is 5.80. The first-order valence-electron chi connectivity index (χ1n) is 7.03. The predicted octanol–water partition coefficient (Wildman–Crippen LogP) is 3.34. The summed E-state index contributed by atoms with van der Waals surface area (Å²) in [5.41, 5.74) is 2.68. The topological polar surface area (TPSA) is 17.0 Å². The lowest BCUT2D eigenvalue weighted by molar-refractivity contribution is 0.478. The van der Waals surface area contributed by atoms with Crippen LogP contribution in [0.15, 0.2) is 30.5 Å². The molecule has 18 heavy (non-hydrogen) atoms. The smallest absolute Gasteiger partial charge is 0.0480 e. The Morgan fingerprint density at radius 2 is 2.17 bits per heavy atom. The maximum Gasteiger partial charge on any atom is 0.0480 e. The van der Waals surface area contributed by atoms with Crippen molar-refractivity contribution < 1.29 is 0 Å². The number of rotatable bonds is 5. The van der Waals surface area contributed by atoms with E-state index in [1.807, 2.05) is 0 Å². The van der Waals surface area contributed by atoms with E-state index in [-0.39, 0.29) is 0 Å². The van der Waals surface area contributed by atoms with Crippen molar-refractivity contribution >= 4 is 10.9 Å². The number of aryl methyl sites for hydroxylation is 1. The molecule has 0 aliphatic heterocycles. The summed E-state index contributed by atoms with van der Waals surface area (Å²) in [6.45, 7) is 6.59. The van der Waals surface area contributed by atoms with E-state index in [0.717, 1.165) is 19.0 Å². The minimum atomic E-state index is 0.689. The van der Waals surface area contributed by atoms with Crippen molar-refractivity contribution in [1.82, 2.24) is 9.88 Å². The van der Waals surface area contributed by atoms with Gasteiger partial charge in [-0.05, 0) is 56.2 Å². The molecule has 1 unspecified atom stereocenters. The van der Waals surface area contributed by atoms with Crippen LogP contribution in [0.25, 0.3) is 10.9 Å². The molecule has 2 nitrogen and oxygen atoms in total. The van der Waals surface area contributed by atoms with Crippen LogP contribution in [0.3, 0.4) is 0 Å². The van der Waals surface area contributed by atoms with Crippen molar-refractivity contribution in [3.05, 3.63) is 36.0 Å². The van der Waals surface area contributed by atoms with Gasteiger partial charge >= 0.3 is 0 Å². The van der Waals surface area contributed by atoms with Gasteiger partial charge in [-0.3, -0.25) is 0 Å².